The van der Waals surface area contributed by atoms with E-state index in [9.17, 15) is 5.11 Å². The zero-order valence-corrected chi connectivity index (χ0v) is 12.5. The fourth-order valence-corrected chi connectivity index (χ4v) is 3.16. The summed E-state index contributed by atoms with van der Waals surface area (Å²) in [7, 11) is 0. The van der Waals surface area contributed by atoms with Gasteiger partial charge in [0.1, 0.15) is 0 Å². The Morgan fingerprint density at radius 1 is 1.38 bits per heavy atom. The van der Waals surface area contributed by atoms with Gasteiger partial charge in [0.05, 0.1) is 12.4 Å². The number of imidazole rings is 1. The zero-order valence-electron chi connectivity index (χ0n) is 12.5. The van der Waals surface area contributed by atoms with Crippen LogP contribution in [0.2, 0.25) is 0 Å². The van der Waals surface area contributed by atoms with Gasteiger partial charge < -0.3 is 10.1 Å². The molecule has 0 radical (unpaired) electrons. The lowest BCUT2D eigenvalue weighted by Crippen LogP contribution is -2.44. The van der Waals surface area contributed by atoms with Gasteiger partial charge in [-0.3, -0.25) is 4.90 Å². The molecule has 0 saturated carbocycles. The minimum Gasteiger partial charge on any atom is -0.391 e. The van der Waals surface area contributed by atoms with Gasteiger partial charge >= 0.3 is 0 Å². The highest BCUT2D eigenvalue weighted by Gasteiger charge is 2.28. The number of aromatic amines is 1. The first-order chi connectivity index (χ1) is 10.2. The fourth-order valence-electron chi connectivity index (χ4n) is 3.16. The van der Waals surface area contributed by atoms with Crippen LogP contribution in [0.15, 0.2) is 36.8 Å². The molecular weight excluding hydrogens is 262 g/mol. The molecule has 0 bridgehead atoms. The summed E-state index contributed by atoms with van der Waals surface area (Å²) < 4.78 is 0. The van der Waals surface area contributed by atoms with Gasteiger partial charge in [-0.05, 0) is 43.4 Å². The van der Waals surface area contributed by atoms with Crippen molar-refractivity contribution in [1.29, 1.82) is 0 Å². The van der Waals surface area contributed by atoms with Crippen LogP contribution in [0.3, 0.4) is 0 Å². The van der Waals surface area contributed by atoms with Crippen molar-refractivity contribution in [2.75, 3.05) is 13.1 Å². The van der Waals surface area contributed by atoms with Crippen molar-refractivity contribution in [3.8, 4) is 0 Å². The van der Waals surface area contributed by atoms with Gasteiger partial charge in [-0.2, -0.15) is 0 Å². The third kappa shape index (κ3) is 3.52. The molecule has 2 atom stereocenters. The summed E-state index contributed by atoms with van der Waals surface area (Å²) in [6.45, 7) is 4.77. The van der Waals surface area contributed by atoms with E-state index in [1.165, 1.54) is 11.1 Å². The van der Waals surface area contributed by atoms with Gasteiger partial charge in [0.2, 0.25) is 0 Å². The summed E-state index contributed by atoms with van der Waals surface area (Å²) in [5, 5.41) is 10.5. The Labute approximate surface area is 125 Å². The molecule has 21 heavy (non-hydrogen) atoms. The van der Waals surface area contributed by atoms with Gasteiger partial charge in [-0.1, -0.05) is 24.3 Å². The average molecular weight is 285 g/mol. The molecule has 0 aliphatic carbocycles. The first-order valence-electron chi connectivity index (χ1n) is 7.64. The standard InChI is InChI=1S/C17H23N3O/c1-13-4-2-3-5-14(13)8-15-6-7-20(11-17(15)21)10-16-9-18-12-19-16/h2-5,9,12,15,17,21H,6-8,10-11H2,1H3,(H,18,19)/t15-,17-/m1/s1. The Hall–Kier alpha value is -1.65. The van der Waals surface area contributed by atoms with Crippen LogP contribution in [0.5, 0.6) is 0 Å². The predicted octanol–water partition coefficient (Wildman–Crippen LogP) is 2.14. The van der Waals surface area contributed by atoms with Crippen molar-refractivity contribution in [3.63, 3.8) is 0 Å². The largest absolute Gasteiger partial charge is 0.391 e. The first-order valence-corrected chi connectivity index (χ1v) is 7.64. The Morgan fingerprint density at radius 3 is 2.95 bits per heavy atom. The Bertz CT molecular complexity index is 567. The Kier molecular flexibility index (Phi) is 4.36. The lowest BCUT2D eigenvalue weighted by Gasteiger charge is -2.36. The number of aliphatic hydroxyl groups excluding tert-OH is 1. The molecule has 1 saturated heterocycles. The maximum absolute atomic E-state index is 10.5. The predicted molar refractivity (Wildman–Crippen MR) is 82.9 cm³/mol. The number of H-pyrrole nitrogens is 1. The molecule has 2 aromatic rings. The van der Waals surface area contributed by atoms with Crippen LogP contribution >= 0.6 is 0 Å². The van der Waals surface area contributed by atoms with E-state index in [1.54, 1.807) is 6.33 Å². The molecule has 3 rings (SSSR count). The van der Waals surface area contributed by atoms with Gasteiger partial charge in [0.15, 0.2) is 0 Å². The number of aliphatic hydroxyl groups is 1. The van der Waals surface area contributed by atoms with Crippen LogP contribution in [0.1, 0.15) is 23.2 Å². The van der Waals surface area contributed by atoms with E-state index in [0.29, 0.717) is 5.92 Å². The van der Waals surface area contributed by atoms with Crippen molar-refractivity contribution in [1.82, 2.24) is 14.9 Å². The fraction of sp³-hybridized carbons (Fsp3) is 0.471. The smallest absolute Gasteiger partial charge is 0.0922 e. The second kappa shape index (κ2) is 6.41. The lowest BCUT2D eigenvalue weighted by molar-refractivity contribution is 0.0183. The molecule has 112 valence electrons. The number of rotatable bonds is 4. The van der Waals surface area contributed by atoms with Gasteiger partial charge in [-0.25, -0.2) is 4.98 Å². The molecule has 0 spiro atoms. The highest BCUT2D eigenvalue weighted by molar-refractivity contribution is 5.26. The van der Waals surface area contributed by atoms with Gasteiger partial charge in [0.25, 0.3) is 0 Å². The highest BCUT2D eigenvalue weighted by atomic mass is 16.3. The molecule has 4 nitrogen and oxygen atoms in total. The van der Waals surface area contributed by atoms with E-state index in [-0.39, 0.29) is 6.10 Å². The number of hydrogen-bond donors (Lipinski definition) is 2. The second-order valence-electron chi connectivity index (χ2n) is 6.06. The molecule has 2 heterocycles. The quantitative estimate of drug-likeness (QED) is 0.905. The summed E-state index contributed by atoms with van der Waals surface area (Å²) >= 11 is 0. The van der Waals surface area contributed by atoms with Crippen LogP contribution in [0, 0.1) is 12.8 Å². The summed E-state index contributed by atoms with van der Waals surface area (Å²) in [6.07, 6.45) is 5.33. The highest BCUT2D eigenvalue weighted by Crippen LogP contribution is 2.24. The lowest BCUT2D eigenvalue weighted by atomic mass is 9.86. The molecular formula is C17H23N3O. The molecule has 2 N–H and O–H groups in total. The van der Waals surface area contributed by atoms with E-state index < -0.39 is 0 Å². The molecule has 4 heteroatoms. The van der Waals surface area contributed by atoms with E-state index in [2.05, 4.69) is 46.1 Å². The third-order valence-corrected chi connectivity index (χ3v) is 4.50. The number of aromatic nitrogens is 2. The monoisotopic (exact) mass is 285 g/mol. The number of likely N-dealkylation sites (tertiary alicyclic amines) is 1. The minimum absolute atomic E-state index is 0.249. The maximum atomic E-state index is 10.5. The molecule has 1 aromatic heterocycles. The number of nitrogens with one attached hydrogen (secondary N) is 1. The number of β-amino-alcohol motifs (C(OH)–C–C–N with tert-alkyl or cyclic N) is 1. The van der Waals surface area contributed by atoms with Crippen LogP contribution < -0.4 is 0 Å². The Balaban J connectivity index is 1.57. The zero-order chi connectivity index (χ0) is 14.7. The summed E-state index contributed by atoms with van der Waals surface area (Å²) in [6, 6.07) is 8.48. The number of hydrogen-bond acceptors (Lipinski definition) is 3. The van der Waals surface area contributed by atoms with Crippen LogP contribution in [0.4, 0.5) is 0 Å². The van der Waals surface area contributed by atoms with Crippen LogP contribution in [-0.4, -0.2) is 39.2 Å². The molecule has 0 unspecified atom stereocenters. The molecule has 1 aliphatic rings. The van der Waals surface area contributed by atoms with E-state index in [1.807, 2.05) is 6.20 Å². The Morgan fingerprint density at radius 2 is 2.24 bits per heavy atom. The molecule has 1 aromatic carbocycles. The third-order valence-electron chi connectivity index (χ3n) is 4.50. The molecule has 1 fully saturated rings. The van der Waals surface area contributed by atoms with Crippen molar-refractivity contribution in [2.45, 2.75) is 32.4 Å². The second-order valence-corrected chi connectivity index (χ2v) is 6.06. The summed E-state index contributed by atoms with van der Waals surface area (Å²) in [5.74, 6) is 0.365. The number of piperidine rings is 1. The summed E-state index contributed by atoms with van der Waals surface area (Å²) in [5.41, 5.74) is 3.80. The normalized spacial score (nSPS) is 23.3. The van der Waals surface area contributed by atoms with Crippen molar-refractivity contribution in [2.24, 2.45) is 5.92 Å². The van der Waals surface area contributed by atoms with Crippen LogP contribution in [0.25, 0.3) is 0 Å². The van der Waals surface area contributed by atoms with Gasteiger partial charge in [-0.15, -0.1) is 0 Å². The van der Waals surface area contributed by atoms with Crippen molar-refractivity contribution < 1.29 is 5.11 Å². The molecule has 1 aliphatic heterocycles. The van der Waals surface area contributed by atoms with Crippen molar-refractivity contribution >= 4 is 0 Å². The topological polar surface area (TPSA) is 52.2 Å². The minimum atomic E-state index is -0.249. The average Bonchev–Trinajstić information content (AvgIpc) is 2.97. The van der Waals surface area contributed by atoms with E-state index in [4.69, 9.17) is 0 Å². The van der Waals surface area contributed by atoms with Gasteiger partial charge in [0, 0.05) is 25.0 Å². The number of nitrogens with zero attached hydrogens (tertiary/aromatic N) is 2. The van der Waals surface area contributed by atoms with E-state index in [0.717, 1.165) is 38.2 Å². The van der Waals surface area contributed by atoms with Crippen LogP contribution in [-0.2, 0) is 13.0 Å². The maximum Gasteiger partial charge on any atom is 0.0922 e. The van der Waals surface area contributed by atoms with E-state index >= 15 is 0 Å². The summed E-state index contributed by atoms with van der Waals surface area (Å²) in [4.78, 5) is 9.46. The molecule has 0 amide bonds. The van der Waals surface area contributed by atoms with Crippen molar-refractivity contribution in [3.05, 3.63) is 53.6 Å². The number of aryl methyl sites for hydroxylation is 1. The first kappa shape index (κ1) is 14.3. The number of benzene rings is 1. The SMILES string of the molecule is Cc1ccccc1C[C@H]1CCN(Cc2cnc[nH]2)C[C@H]1O.